The third-order valence-electron chi connectivity index (χ3n) is 4.02. The second-order valence-electron chi connectivity index (χ2n) is 5.95. The van der Waals surface area contributed by atoms with Gasteiger partial charge in [0.15, 0.2) is 11.6 Å². The van der Waals surface area contributed by atoms with Gasteiger partial charge >= 0.3 is 6.36 Å². The van der Waals surface area contributed by atoms with Crippen molar-refractivity contribution in [1.29, 1.82) is 0 Å². The number of anilines is 4. The first-order valence-electron chi connectivity index (χ1n) is 7.98. The fourth-order valence-corrected chi connectivity index (χ4v) is 2.63. The van der Waals surface area contributed by atoms with Gasteiger partial charge in [0.25, 0.3) is 0 Å². The number of aromatic nitrogens is 2. The molecule has 0 radical (unpaired) electrons. The standard InChI is InChI=1S/C16H19F3N6O/c1-24-6-8-25(9-7-24)15-13(20)14(21-10-22-15)23-11-2-4-12(5-3-11)26-16(17,18)19/h2-5,10H,6-9,20H2,1H3,(H,21,22,23). The highest BCUT2D eigenvalue weighted by atomic mass is 19.4. The molecule has 2 aromatic rings. The second kappa shape index (κ2) is 7.24. The van der Waals surface area contributed by atoms with Crippen molar-refractivity contribution in [3.63, 3.8) is 0 Å². The molecule has 3 rings (SSSR count). The minimum atomic E-state index is -4.72. The van der Waals surface area contributed by atoms with Crippen LogP contribution < -0.4 is 20.7 Å². The Morgan fingerprint density at radius 3 is 2.35 bits per heavy atom. The van der Waals surface area contributed by atoms with Gasteiger partial charge in [-0.1, -0.05) is 0 Å². The number of nitrogens with zero attached hydrogens (tertiary/aromatic N) is 4. The normalized spacial score (nSPS) is 15.8. The summed E-state index contributed by atoms with van der Waals surface area (Å²) in [5.74, 6) is 0.753. The maximum absolute atomic E-state index is 12.2. The van der Waals surface area contributed by atoms with E-state index in [9.17, 15) is 13.2 Å². The minimum Gasteiger partial charge on any atom is -0.406 e. The van der Waals surface area contributed by atoms with Crippen LogP contribution in [0.3, 0.4) is 0 Å². The van der Waals surface area contributed by atoms with Crippen LogP contribution in [-0.4, -0.2) is 54.5 Å². The number of alkyl halides is 3. The van der Waals surface area contributed by atoms with Gasteiger partial charge in [-0.05, 0) is 31.3 Å². The van der Waals surface area contributed by atoms with E-state index in [0.29, 0.717) is 23.0 Å². The molecule has 0 amide bonds. The molecule has 1 fully saturated rings. The van der Waals surface area contributed by atoms with E-state index in [1.165, 1.54) is 30.6 Å². The number of hydrogen-bond acceptors (Lipinski definition) is 7. The van der Waals surface area contributed by atoms with Crippen LogP contribution in [0.25, 0.3) is 0 Å². The molecule has 0 aliphatic carbocycles. The maximum atomic E-state index is 12.2. The molecule has 140 valence electrons. The summed E-state index contributed by atoms with van der Waals surface area (Å²) in [5.41, 5.74) is 7.13. The summed E-state index contributed by atoms with van der Waals surface area (Å²) in [6.07, 6.45) is -3.31. The first-order chi connectivity index (χ1) is 12.3. The molecule has 10 heteroatoms. The molecular weight excluding hydrogens is 349 g/mol. The summed E-state index contributed by atoms with van der Waals surface area (Å²) in [6.45, 7) is 3.43. The molecule has 3 N–H and O–H groups in total. The van der Waals surface area contributed by atoms with E-state index < -0.39 is 6.36 Å². The van der Waals surface area contributed by atoms with E-state index in [2.05, 4.69) is 36.9 Å². The number of nitrogen functional groups attached to an aromatic ring is 1. The van der Waals surface area contributed by atoms with E-state index in [1.807, 2.05) is 0 Å². The molecule has 7 nitrogen and oxygen atoms in total. The molecule has 2 heterocycles. The van der Waals surface area contributed by atoms with Gasteiger partial charge in [-0.2, -0.15) is 0 Å². The molecule has 1 saturated heterocycles. The van der Waals surface area contributed by atoms with E-state index in [1.54, 1.807) is 0 Å². The Balaban J connectivity index is 1.73. The van der Waals surface area contributed by atoms with Gasteiger partial charge < -0.3 is 25.6 Å². The zero-order chi connectivity index (χ0) is 18.7. The predicted octanol–water partition coefficient (Wildman–Crippen LogP) is 2.45. The van der Waals surface area contributed by atoms with Crippen LogP contribution >= 0.6 is 0 Å². The van der Waals surface area contributed by atoms with Crippen molar-refractivity contribution in [3.05, 3.63) is 30.6 Å². The third kappa shape index (κ3) is 4.45. The molecule has 0 unspecified atom stereocenters. The van der Waals surface area contributed by atoms with Crippen LogP contribution in [0.5, 0.6) is 5.75 Å². The average Bonchev–Trinajstić information content (AvgIpc) is 2.58. The Morgan fingerprint density at radius 1 is 1.08 bits per heavy atom. The lowest BCUT2D eigenvalue weighted by atomic mass is 10.3. The summed E-state index contributed by atoms with van der Waals surface area (Å²) in [6, 6.07) is 5.35. The molecule has 0 saturated carbocycles. The van der Waals surface area contributed by atoms with Gasteiger partial charge in [0, 0.05) is 31.9 Å². The zero-order valence-electron chi connectivity index (χ0n) is 14.1. The topological polar surface area (TPSA) is 79.5 Å². The Labute approximate surface area is 148 Å². The van der Waals surface area contributed by atoms with Gasteiger partial charge in [-0.25, -0.2) is 9.97 Å². The monoisotopic (exact) mass is 368 g/mol. The van der Waals surface area contributed by atoms with Crippen molar-refractivity contribution in [2.75, 3.05) is 49.2 Å². The van der Waals surface area contributed by atoms with E-state index in [4.69, 9.17) is 5.73 Å². The summed E-state index contributed by atoms with van der Waals surface area (Å²) < 4.78 is 40.5. The van der Waals surface area contributed by atoms with Crippen molar-refractivity contribution in [2.24, 2.45) is 0 Å². The average molecular weight is 368 g/mol. The van der Waals surface area contributed by atoms with Crippen molar-refractivity contribution >= 4 is 23.0 Å². The van der Waals surface area contributed by atoms with Crippen LogP contribution in [-0.2, 0) is 0 Å². The molecule has 1 aliphatic heterocycles. The number of rotatable bonds is 4. The number of nitrogens with one attached hydrogen (secondary N) is 1. The minimum absolute atomic E-state index is 0.295. The van der Waals surface area contributed by atoms with Gasteiger partial charge in [-0.3, -0.25) is 0 Å². The SMILES string of the molecule is CN1CCN(c2ncnc(Nc3ccc(OC(F)(F)F)cc3)c2N)CC1. The van der Waals surface area contributed by atoms with Crippen LogP contribution in [0.2, 0.25) is 0 Å². The van der Waals surface area contributed by atoms with Crippen LogP contribution in [0, 0.1) is 0 Å². The fraction of sp³-hybridized carbons (Fsp3) is 0.375. The van der Waals surface area contributed by atoms with Crippen LogP contribution in [0.15, 0.2) is 30.6 Å². The van der Waals surface area contributed by atoms with Crippen molar-refractivity contribution in [2.45, 2.75) is 6.36 Å². The molecular formula is C16H19F3N6O. The Kier molecular flexibility index (Phi) is 5.03. The largest absolute Gasteiger partial charge is 0.573 e. The zero-order valence-corrected chi connectivity index (χ0v) is 14.1. The number of piperazine rings is 1. The highest BCUT2D eigenvalue weighted by Crippen LogP contribution is 2.30. The lowest BCUT2D eigenvalue weighted by molar-refractivity contribution is -0.274. The molecule has 0 spiro atoms. The summed E-state index contributed by atoms with van der Waals surface area (Å²) in [4.78, 5) is 12.7. The molecule has 1 aliphatic rings. The van der Waals surface area contributed by atoms with Crippen LogP contribution in [0.1, 0.15) is 0 Å². The smallest absolute Gasteiger partial charge is 0.406 e. The number of likely N-dealkylation sites (N-methyl/N-ethyl adjacent to an activating group) is 1. The number of benzene rings is 1. The molecule has 1 aromatic carbocycles. The van der Waals surface area contributed by atoms with Crippen LogP contribution in [0.4, 0.5) is 36.2 Å². The molecule has 1 aromatic heterocycles. The lowest BCUT2D eigenvalue weighted by Crippen LogP contribution is -2.45. The third-order valence-corrected chi connectivity index (χ3v) is 4.02. The van der Waals surface area contributed by atoms with Gasteiger partial charge in [-0.15, -0.1) is 13.2 Å². The van der Waals surface area contributed by atoms with Crippen molar-refractivity contribution in [1.82, 2.24) is 14.9 Å². The summed E-state index contributed by atoms with van der Waals surface area (Å²) in [7, 11) is 2.06. The quantitative estimate of drug-likeness (QED) is 0.858. The number of hydrogen-bond donors (Lipinski definition) is 2. The Bertz CT molecular complexity index is 745. The second-order valence-corrected chi connectivity index (χ2v) is 5.95. The molecule has 0 atom stereocenters. The number of halogens is 3. The van der Waals surface area contributed by atoms with Gasteiger partial charge in [0.1, 0.15) is 17.8 Å². The highest BCUT2D eigenvalue weighted by Gasteiger charge is 2.31. The highest BCUT2D eigenvalue weighted by molar-refractivity contribution is 5.78. The van der Waals surface area contributed by atoms with E-state index in [-0.39, 0.29) is 5.75 Å². The molecule has 0 bridgehead atoms. The lowest BCUT2D eigenvalue weighted by Gasteiger charge is -2.33. The van der Waals surface area contributed by atoms with Crippen molar-refractivity contribution in [3.8, 4) is 5.75 Å². The van der Waals surface area contributed by atoms with Gasteiger partial charge in [0.2, 0.25) is 0 Å². The van der Waals surface area contributed by atoms with Gasteiger partial charge in [0.05, 0.1) is 0 Å². The molecule has 26 heavy (non-hydrogen) atoms. The number of nitrogens with two attached hydrogens (primary N) is 1. The summed E-state index contributed by atoms with van der Waals surface area (Å²) >= 11 is 0. The fourth-order valence-electron chi connectivity index (χ4n) is 2.63. The van der Waals surface area contributed by atoms with E-state index in [0.717, 1.165) is 26.2 Å². The van der Waals surface area contributed by atoms with Crippen molar-refractivity contribution < 1.29 is 17.9 Å². The first kappa shape index (κ1) is 18.1. The Hall–Kier alpha value is -2.75. The van der Waals surface area contributed by atoms with E-state index >= 15 is 0 Å². The first-order valence-corrected chi connectivity index (χ1v) is 7.98. The maximum Gasteiger partial charge on any atom is 0.573 e. The summed E-state index contributed by atoms with van der Waals surface area (Å²) in [5, 5.41) is 3.00. The number of ether oxygens (including phenoxy) is 1. The Morgan fingerprint density at radius 2 is 1.73 bits per heavy atom. The predicted molar refractivity (Wildman–Crippen MR) is 92.6 cm³/mol.